The van der Waals surface area contributed by atoms with E-state index in [1.807, 2.05) is 6.92 Å². The van der Waals surface area contributed by atoms with Crippen molar-refractivity contribution in [2.24, 2.45) is 0 Å². The van der Waals surface area contributed by atoms with E-state index in [0.29, 0.717) is 0 Å². The van der Waals surface area contributed by atoms with Gasteiger partial charge in [-0.05, 0) is 31.2 Å². The molecule has 0 bridgehead atoms. The molecule has 2 N–H and O–H groups in total. The number of hydrogen-bond acceptors (Lipinski definition) is 5. The molecule has 17 heavy (non-hydrogen) atoms. The molecule has 0 radical (unpaired) electrons. The molecule has 1 heterocycles. The first-order chi connectivity index (χ1) is 8.20. The zero-order valence-corrected chi connectivity index (χ0v) is 9.73. The van der Waals surface area contributed by atoms with Crippen molar-refractivity contribution >= 4 is 12.0 Å². The van der Waals surface area contributed by atoms with Crippen molar-refractivity contribution in [1.82, 2.24) is 9.78 Å². The summed E-state index contributed by atoms with van der Waals surface area (Å²) in [5.41, 5.74) is 1.40. The van der Waals surface area contributed by atoms with Crippen LogP contribution >= 0.6 is 12.0 Å². The van der Waals surface area contributed by atoms with E-state index in [9.17, 15) is 4.79 Å². The zero-order chi connectivity index (χ0) is 12.3. The maximum absolute atomic E-state index is 11.5. The van der Waals surface area contributed by atoms with Gasteiger partial charge in [0, 0.05) is 16.7 Å². The van der Waals surface area contributed by atoms with Crippen LogP contribution in [0.25, 0.3) is 5.69 Å². The van der Waals surface area contributed by atoms with Gasteiger partial charge in [0.25, 0.3) is 5.56 Å². The standard InChI is InChI=1S/C10H10N2O4S/c1-7-6-10(13)12(11-7)8-2-4-9(5-3-8)17-16-15-14/h2-6,11,14H,1H3. The molecule has 7 heteroatoms. The second-order valence-electron chi connectivity index (χ2n) is 3.33. The van der Waals surface area contributed by atoms with Crippen LogP contribution in [0.3, 0.4) is 0 Å². The Morgan fingerprint density at radius 3 is 2.59 bits per heavy atom. The van der Waals surface area contributed by atoms with Gasteiger partial charge in [0.1, 0.15) is 0 Å². The highest BCUT2D eigenvalue weighted by atomic mass is 32.2. The Balaban J connectivity index is 2.23. The Morgan fingerprint density at radius 2 is 2.06 bits per heavy atom. The molecular weight excluding hydrogens is 244 g/mol. The van der Waals surface area contributed by atoms with Crippen LogP contribution in [0, 0.1) is 6.92 Å². The molecule has 6 nitrogen and oxygen atoms in total. The number of aromatic amines is 1. The van der Waals surface area contributed by atoms with E-state index in [4.69, 9.17) is 5.26 Å². The van der Waals surface area contributed by atoms with E-state index in [1.165, 1.54) is 10.7 Å². The number of nitrogens with one attached hydrogen (secondary N) is 1. The summed E-state index contributed by atoms with van der Waals surface area (Å²) >= 11 is 0.864. The van der Waals surface area contributed by atoms with Crippen LogP contribution in [0.15, 0.2) is 40.0 Å². The molecule has 0 atom stereocenters. The minimum absolute atomic E-state index is 0.113. The number of rotatable bonds is 4. The summed E-state index contributed by atoms with van der Waals surface area (Å²) in [5.74, 6) is 0. The Bertz CT molecular complexity index is 546. The second-order valence-corrected chi connectivity index (χ2v) is 4.11. The lowest BCUT2D eigenvalue weighted by molar-refractivity contribution is -0.432. The fourth-order valence-electron chi connectivity index (χ4n) is 1.41. The van der Waals surface area contributed by atoms with Crippen LogP contribution in [0.5, 0.6) is 0 Å². The Morgan fingerprint density at radius 1 is 1.35 bits per heavy atom. The highest BCUT2D eigenvalue weighted by molar-refractivity contribution is 7.94. The molecule has 1 aromatic heterocycles. The Hall–Kier alpha value is -1.54. The monoisotopic (exact) mass is 254 g/mol. The van der Waals surface area contributed by atoms with Gasteiger partial charge >= 0.3 is 0 Å². The summed E-state index contributed by atoms with van der Waals surface area (Å²) < 4.78 is 5.73. The van der Waals surface area contributed by atoms with Crippen LogP contribution in [0.1, 0.15) is 5.69 Å². The number of hydrogen-bond donors (Lipinski definition) is 2. The quantitative estimate of drug-likeness (QED) is 0.495. The number of benzene rings is 1. The maximum atomic E-state index is 11.5. The van der Waals surface area contributed by atoms with Crippen molar-refractivity contribution < 1.29 is 14.6 Å². The van der Waals surface area contributed by atoms with Gasteiger partial charge in [-0.2, -0.15) is 0 Å². The fraction of sp³-hybridized carbons (Fsp3) is 0.100. The number of aryl methyl sites for hydroxylation is 1. The van der Waals surface area contributed by atoms with Crippen molar-refractivity contribution in [2.45, 2.75) is 11.8 Å². The zero-order valence-electron chi connectivity index (χ0n) is 8.91. The second kappa shape index (κ2) is 5.19. The minimum Gasteiger partial charge on any atom is -0.295 e. The van der Waals surface area contributed by atoms with Gasteiger partial charge in [-0.3, -0.25) is 9.89 Å². The van der Waals surface area contributed by atoms with Gasteiger partial charge in [0.2, 0.25) is 0 Å². The number of nitrogens with zero attached hydrogens (tertiary/aromatic N) is 1. The van der Waals surface area contributed by atoms with Crippen LogP contribution in [0.4, 0.5) is 0 Å². The molecule has 2 rings (SSSR count). The Labute approximate surface area is 101 Å². The van der Waals surface area contributed by atoms with E-state index in [-0.39, 0.29) is 5.56 Å². The molecule has 2 aromatic rings. The Kier molecular flexibility index (Phi) is 3.64. The lowest BCUT2D eigenvalue weighted by atomic mass is 10.3. The van der Waals surface area contributed by atoms with Gasteiger partial charge in [0.05, 0.1) is 17.7 Å². The van der Waals surface area contributed by atoms with Gasteiger partial charge in [-0.1, -0.05) is 5.04 Å². The van der Waals surface area contributed by atoms with Gasteiger partial charge in [-0.25, -0.2) is 9.94 Å². The molecule has 0 saturated carbocycles. The van der Waals surface area contributed by atoms with Crippen molar-refractivity contribution in [3.8, 4) is 5.69 Å². The fourth-order valence-corrected chi connectivity index (χ4v) is 1.77. The molecule has 0 spiro atoms. The molecule has 0 aliphatic carbocycles. The average molecular weight is 254 g/mol. The number of aromatic nitrogens is 2. The third-order valence-corrected chi connectivity index (χ3v) is 2.70. The third kappa shape index (κ3) is 2.77. The van der Waals surface area contributed by atoms with Crippen LogP contribution in [-0.4, -0.2) is 15.0 Å². The molecule has 0 aliphatic heterocycles. The van der Waals surface area contributed by atoms with E-state index < -0.39 is 0 Å². The first-order valence-electron chi connectivity index (χ1n) is 4.74. The molecule has 0 amide bonds. The molecule has 1 aromatic carbocycles. The van der Waals surface area contributed by atoms with E-state index in [1.54, 1.807) is 24.3 Å². The van der Waals surface area contributed by atoms with Gasteiger partial charge < -0.3 is 0 Å². The van der Waals surface area contributed by atoms with Crippen molar-refractivity contribution in [1.29, 1.82) is 0 Å². The normalized spacial score (nSPS) is 10.7. The first-order valence-corrected chi connectivity index (χ1v) is 5.49. The molecule has 0 aliphatic rings. The third-order valence-electron chi connectivity index (χ3n) is 2.10. The van der Waals surface area contributed by atoms with Crippen LogP contribution in [-0.2, 0) is 9.37 Å². The van der Waals surface area contributed by atoms with Gasteiger partial charge in [0.15, 0.2) is 0 Å². The smallest absolute Gasteiger partial charge is 0.271 e. The minimum atomic E-state index is -0.113. The topological polar surface area (TPSA) is 76.5 Å². The van der Waals surface area contributed by atoms with E-state index >= 15 is 0 Å². The van der Waals surface area contributed by atoms with Crippen LogP contribution in [0.2, 0.25) is 0 Å². The molecule has 90 valence electrons. The number of H-pyrrole nitrogens is 1. The SMILES string of the molecule is Cc1cc(=O)n(-c2ccc(SOOO)cc2)[nH]1. The van der Waals surface area contributed by atoms with E-state index in [2.05, 4.69) is 14.5 Å². The summed E-state index contributed by atoms with van der Waals surface area (Å²) in [5, 5.41) is 14.4. The van der Waals surface area contributed by atoms with E-state index in [0.717, 1.165) is 28.3 Å². The highest BCUT2D eigenvalue weighted by Gasteiger charge is 2.03. The van der Waals surface area contributed by atoms with Crippen molar-refractivity contribution in [2.75, 3.05) is 0 Å². The van der Waals surface area contributed by atoms with Crippen molar-refractivity contribution in [3.05, 3.63) is 46.4 Å². The molecule has 0 saturated heterocycles. The highest BCUT2D eigenvalue weighted by Crippen LogP contribution is 2.20. The largest absolute Gasteiger partial charge is 0.295 e. The summed E-state index contributed by atoms with van der Waals surface area (Å²) in [6.07, 6.45) is 0. The lowest BCUT2D eigenvalue weighted by Crippen LogP contribution is -2.13. The summed E-state index contributed by atoms with van der Waals surface area (Å²) in [4.78, 5) is 12.3. The summed E-state index contributed by atoms with van der Waals surface area (Å²) in [6, 6.07) is 8.50. The van der Waals surface area contributed by atoms with Crippen molar-refractivity contribution in [3.63, 3.8) is 0 Å². The summed E-state index contributed by atoms with van der Waals surface area (Å²) in [6.45, 7) is 1.81. The summed E-state index contributed by atoms with van der Waals surface area (Å²) in [7, 11) is 0. The average Bonchev–Trinajstić information content (AvgIpc) is 2.66. The first kappa shape index (κ1) is 11.9. The predicted octanol–water partition coefficient (Wildman–Crippen LogP) is 1.90. The lowest BCUT2D eigenvalue weighted by Gasteiger charge is -2.02. The predicted molar refractivity (Wildman–Crippen MR) is 61.8 cm³/mol. The molecule has 0 unspecified atom stereocenters. The molecular formula is C10H10N2O4S. The maximum Gasteiger partial charge on any atom is 0.271 e. The molecule has 0 fully saturated rings. The van der Waals surface area contributed by atoms with Crippen LogP contribution < -0.4 is 5.56 Å². The van der Waals surface area contributed by atoms with Gasteiger partial charge in [-0.15, -0.1) is 4.33 Å².